The second kappa shape index (κ2) is 7.10. The molecule has 0 saturated carbocycles. The summed E-state index contributed by atoms with van der Waals surface area (Å²) in [6.07, 6.45) is 2.27. The largest absolute Gasteiger partial charge is 0.463 e. The highest BCUT2D eigenvalue weighted by Gasteiger charge is 2.03. The van der Waals surface area contributed by atoms with Crippen molar-refractivity contribution >= 4 is 5.97 Å². The number of rotatable bonds is 6. The zero-order chi connectivity index (χ0) is 9.40. The van der Waals surface area contributed by atoms with Crippen LogP contribution in [0.15, 0.2) is 0 Å². The molecule has 0 unspecified atom stereocenters. The van der Waals surface area contributed by atoms with Gasteiger partial charge in [-0.3, -0.25) is 4.79 Å². The van der Waals surface area contributed by atoms with Gasteiger partial charge in [0.1, 0.15) is 0 Å². The fourth-order valence-corrected chi connectivity index (χ4v) is 0.838. The summed E-state index contributed by atoms with van der Waals surface area (Å²) in [7, 11) is 1.66. The lowest BCUT2D eigenvalue weighted by atomic mass is 10.2. The Balaban J connectivity index is 3.20. The number of carbonyl (C=O) groups is 1. The second-order valence-electron chi connectivity index (χ2n) is 2.99. The van der Waals surface area contributed by atoms with Crippen LogP contribution in [-0.4, -0.2) is 25.8 Å². The van der Waals surface area contributed by atoms with E-state index in [1.807, 2.05) is 13.8 Å². The van der Waals surface area contributed by atoms with E-state index in [0.717, 1.165) is 19.4 Å². The van der Waals surface area contributed by atoms with E-state index < -0.39 is 0 Å². The summed E-state index contributed by atoms with van der Waals surface area (Å²) >= 11 is 0. The molecule has 3 nitrogen and oxygen atoms in total. The normalized spacial score (nSPS) is 10.3. The molecular weight excluding hydrogens is 156 g/mol. The third-order valence-electron chi connectivity index (χ3n) is 1.35. The number of methoxy groups -OCH3 is 1. The number of hydrogen-bond donors (Lipinski definition) is 0. The van der Waals surface area contributed by atoms with Crippen molar-refractivity contribution in [2.45, 2.75) is 39.2 Å². The minimum atomic E-state index is -0.110. The molecule has 72 valence electrons. The van der Waals surface area contributed by atoms with Crippen molar-refractivity contribution in [3.8, 4) is 0 Å². The predicted octanol–water partition coefficient (Wildman–Crippen LogP) is 1.75. The monoisotopic (exact) mass is 174 g/mol. The quantitative estimate of drug-likeness (QED) is 0.454. The molecule has 12 heavy (non-hydrogen) atoms. The first-order valence-electron chi connectivity index (χ1n) is 4.35. The van der Waals surface area contributed by atoms with Gasteiger partial charge in [-0.2, -0.15) is 0 Å². The van der Waals surface area contributed by atoms with E-state index in [9.17, 15) is 4.79 Å². The number of esters is 1. The molecule has 0 heterocycles. The van der Waals surface area contributed by atoms with Crippen molar-refractivity contribution in [1.82, 2.24) is 0 Å². The Morgan fingerprint density at radius 3 is 2.50 bits per heavy atom. The maximum Gasteiger partial charge on any atom is 0.306 e. The topological polar surface area (TPSA) is 35.5 Å². The summed E-state index contributed by atoms with van der Waals surface area (Å²) in [5.41, 5.74) is 0. The summed E-state index contributed by atoms with van der Waals surface area (Å²) in [6, 6.07) is 0. The molecule has 0 bridgehead atoms. The maximum atomic E-state index is 11.0. The highest BCUT2D eigenvalue weighted by molar-refractivity contribution is 5.69. The molecular formula is C9H18O3. The first kappa shape index (κ1) is 11.4. The number of hydrogen-bond acceptors (Lipinski definition) is 3. The van der Waals surface area contributed by atoms with Crippen molar-refractivity contribution in [3.05, 3.63) is 0 Å². The minimum absolute atomic E-state index is 0.0000693. The molecule has 3 heteroatoms. The Morgan fingerprint density at radius 2 is 2.00 bits per heavy atom. The third kappa shape index (κ3) is 7.54. The highest BCUT2D eigenvalue weighted by Crippen LogP contribution is 1.99. The zero-order valence-electron chi connectivity index (χ0n) is 8.13. The standard InChI is InChI=1S/C9H18O3/c1-8(2)12-9(10)6-4-5-7-11-3/h8H,4-7H2,1-3H3. The molecule has 0 spiro atoms. The molecule has 0 saturated heterocycles. The van der Waals surface area contributed by atoms with Crippen LogP contribution in [0, 0.1) is 0 Å². The fourth-order valence-electron chi connectivity index (χ4n) is 0.838. The molecule has 0 amide bonds. The van der Waals surface area contributed by atoms with Gasteiger partial charge >= 0.3 is 5.97 Å². The van der Waals surface area contributed by atoms with Gasteiger partial charge in [-0.05, 0) is 26.7 Å². The van der Waals surface area contributed by atoms with Gasteiger partial charge in [-0.15, -0.1) is 0 Å². The molecule has 0 aromatic heterocycles. The Kier molecular flexibility index (Phi) is 6.76. The average Bonchev–Trinajstić information content (AvgIpc) is 1.97. The van der Waals surface area contributed by atoms with Crippen molar-refractivity contribution in [1.29, 1.82) is 0 Å². The zero-order valence-corrected chi connectivity index (χ0v) is 8.13. The molecule has 0 aliphatic carbocycles. The molecule has 0 atom stereocenters. The van der Waals surface area contributed by atoms with Crippen molar-refractivity contribution in [2.75, 3.05) is 13.7 Å². The summed E-state index contributed by atoms with van der Waals surface area (Å²) in [4.78, 5) is 11.0. The van der Waals surface area contributed by atoms with Crippen LogP contribution in [0.25, 0.3) is 0 Å². The highest BCUT2D eigenvalue weighted by atomic mass is 16.5. The van der Waals surface area contributed by atoms with Gasteiger partial charge < -0.3 is 9.47 Å². The molecule has 0 rings (SSSR count). The van der Waals surface area contributed by atoms with E-state index in [0.29, 0.717) is 6.42 Å². The van der Waals surface area contributed by atoms with E-state index >= 15 is 0 Å². The van der Waals surface area contributed by atoms with Crippen molar-refractivity contribution < 1.29 is 14.3 Å². The lowest BCUT2D eigenvalue weighted by Crippen LogP contribution is -2.11. The molecule has 0 aliphatic heterocycles. The lowest BCUT2D eigenvalue weighted by Gasteiger charge is -2.06. The van der Waals surface area contributed by atoms with Crippen molar-refractivity contribution in [3.63, 3.8) is 0 Å². The van der Waals surface area contributed by atoms with Gasteiger partial charge in [0.25, 0.3) is 0 Å². The van der Waals surface area contributed by atoms with E-state index in [2.05, 4.69) is 0 Å². The SMILES string of the molecule is COCCCCC(=O)OC(C)C. The molecule has 0 aromatic rings. The summed E-state index contributed by atoms with van der Waals surface area (Å²) in [5.74, 6) is -0.110. The first-order valence-corrected chi connectivity index (χ1v) is 4.35. The van der Waals surface area contributed by atoms with E-state index in [1.54, 1.807) is 7.11 Å². The van der Waals surface area contributed by atoms with Gasteiger partial charge in [0.15, 0.2) is 0 Å². The van der Waals surface area contributed by atoms with Crippen LogP contribution in [0.2, 0.25) is 0 Å². The number of ether oxygens (including phenoxy) is 2. The summed E-state index contributed by atoms with van der Waals surface area (Å²) in [6.45, 7) is 4.43. The molecule has 0 aromatic carbocycles. The number of unbranched alkanes of at least 4 members (excludes halogenated alkanes) is 1. The van der Waals surface area contributed by atoms with Crippen molar-refractivity contribution in [2.24, 2.45) is 0 Å². The smallest absolute Gasteiger partial charge is 0.306 e. The maximum absolute atomic E-state index is 11.0. The summed E-state index contributed by atoms with van der Waals surface area (Å²) in [5, 5.41) is 0. The van der Waals surface area contributed by atoms with Crippen LogP contribution in [-0.2, 0) is 14.3 Å². The Labute approximate surface area is 74.0 Å². The van der Waals surface area contributed by atoms with Crippen LogP contribution < -0.4 is 0 Å². The minimum Gasteiger partial charge on any atom is -0.463 e. The van der Waals surface area contributed by atoms with Crippen LogP contribution >= 0.6 is 0 Å². The number of carbonyl (C=O) groups excluding carboxylic acids is 1. The molecule has 0 fully saturated rings. The predicted molar refractivity (Wildman–Crippen MR) is 47.0 cm³/mol. The summed E-state index contributed by atoms with van der Waals surface area (Å²) < 4.78 is 9.80. The van der Waals surface area contributed by atoms with Gasteiger partial charge in [0.05, 0.1) is 6.10 Å². The Morgan fingerprint density at radius 1 is 1.33 bits per heavy atom. The molecule has 0 aliphatic rings. The lowest BCUT2D eigenvalue weighted by molar-refractivity contribution is -0.147. The van der Waals surface area contributed by atoms with Crippen LogP contribution in [0.4, 0.5) is 0 Å². The van der Waals surface area contributed by atoms with Gasteiger partial charge in [0.2, 0.25) is 0 Å². The molecule has 0 radical (unpaired) electrons. The second-order valence-corrected chi connectivity index (χ2v) is 2.99. The van der Waals surface area contributed by atoms with E-state index in [-0.39, 0.29) is 12.1 Å². The Bertz CT molecular complexity index is 121. The van der Waals surface area contributed by atoms with Gasteiger partial charge in [0, 0.05) is 20.1 Å². The molecule has 0 N–H and O–H groups in total. The van der Waals surface area contributed by atoms with Crippen LogP contribution in [0.3, 0.4) is 0 Å². The van der Waals surface area contributed by atoms with Gasteiger partial charge in [-0.1, -0.05) is 0 Å². The van der Waals surface area contributed by atoms with Crippen LogP contribution in [0.1, 0.15) is 33.1 Å². The van der Waals surface area contributed by atoms with E-state index in [4.69, 9.17) is 9.47 Å². The van der Waals surface area contributed by atoms with Crippen LogP contribution in [0.5, 0.6) is 0 Å². The van der Waals surface area contributed by atoms with Gasteiger partial charge in [-0.25, -0.2) is 0 Å². The van der Waals surface area contributed by atoms with E-state index in [1.165, 1.54) is 0 Å². The third-order valence-corrected chi connectivity index (χ3v) is 1.35. The Hall–Kier alpha value is -0.570. The first-order chi connectivity index (χ1) is 5.66. The average molecular weight is 174 g/mol. The fraction of sp³-hybridized carbons (Fsp3) is 0.889.